The molecule has 1 atom stereocenters. The van der Waals surface area contributed by atoms with Crippen molar-refractivity contribution < 1.29 is 17.9 Å². The molecule has 1 aromatic carbocycles. The number of rotatable bonds is 5. The van der Waals surface area contributed by atoms with Crippen LogP contribution in [0.3, 0.4) is 0 Å². The lowest BCUT2D eigenvalue weighted by atomic mass is 9.94. The summed E-state index contributed by atoms with van der Waals surface area (Å²) in [6.07, 6.45) is 4.14. The third-order valence-corrected chi connectivity index (χ3v) is 5.80. The van der Waals surface area contributed by atoms with Crippen LogP contribution in [-0.4, -0.2) is 63.6 Å². The molecule has 6 nitrogen and oxygen atoms in total. The number of methoxy groups -OCH3 is 1. The summed E-state index contributed by atoms with van der Waals surface area (Å²) in [6, 6.07) is 7.95. The molecule has 0 saturated carbocycles. The number of likely N-dealkylation sites (N-methyl/N-ethyl adjacent to an activating group) is 1. The number of carbonyl (C=O) groups excluding carboxylic acids is 1. The summed E-state index contributed by atoms with van der Waals surface area (Å²) in [7, 11) is -0.272. The van der Waals surface area contributed by atoms with Crippen LogP contribution in [0.4, 0.5) is 0 Å². The van der Waals surface area contributed by atoms with Gasteiger partial charge < -0.3 is 9.64 Å². The average Bonchev–Trinajstić information content (AvgIpc) is 2.80. The van der Waals surface area contributed by atoms with Crippen LogP contribution in [0.2, 0.25) is 0 Å². The van der Waals surface area contributed by atoms with E-state index in [1.54, 1.807) is 12.0 Å². The number of sulfonamides is 1. The van der Waals surface area contributed by atoms with Gasteiger partial charge in [0.1, 0.15) is 5.75 Å². The molecule has 2 rings (SSSR count). The Balaban J connectivity index is 2.07. The number of nitrogens with zero attached hydrogens (tertiary/aromatic N) is 2. The Morgan fingerprint density at radius 1 is 1.29 bits per heavy atom. The predicted octanol–water partition coefficient (Wildman–Crippen LogP) is 1.68. The molecule has 0 bridgehead atoms. The second-order valence-electron chi connectivity index (χ2n) is 6.32. The zero-order valence-electron chi connectivity index (χ0n) is 14.6. The van der Waals surface area contributed by atoms with Gasteiger partial charge in [-0.05, 0) is 30.5 Å². The van der Waals surface area contributed by atoms with Crippen LogP contribution in [0.25, 0.3) is 0 Å². The van der Waals surface area contributed by atoms with E-state index in [1.807, 2.05) is 24.3 Å². The Hall–Kier alpha value is -1.60. The molecule has 1 heterocycles. The summed E-state index contributed by atoms with van der Waals surface area (Å²) >= 11 is 0. The van der Waals surface area contributed by atoms with Crippen LogP contribution in [0.15, 0.2) is 24.3 Å². The number of benzene rings is 1. The van der Waals surface area contributed by atoms with E-state index in [1.165, 1.54) is 12.6 Å². The molecule has 24 heavy (non-hydrogen) atoms. The lowest BCUT2D eigenvalue weighted by Gasteiger charge is -2.26. The van der Waals surface area contributed by atoms with Gasteiger partial charge in [0.05, 0.1) is 19.9 Å². The van der Waals surface area contributed by atoms with Gasteiger partial charge in [0.25, 0.3) is 0 Å². The second-order valence-corrected chi connectivity index (χ2v) is 8.41. The molecule has 0 N–H and O–H groups in total. The Morgan fingerprint density at radius 2 is 1.96 bits per heavy atom. The number of likely N-dealkylation sites (tertiary alicyclic amines) is 1. The van der Waals surface area contributed by atoms with Crippen LogP contribution in [0, 0.1) is 0 Å². The van der Waals surface area contributed by atoms with E-state index >= 15 is 0 Å². The Kier molecular flexibility index (Phi) is 6.23. The van der Waals surface area contributed by atoms with E-state index in [0.717, 1.165) is 35.6 Å². The highest BCUT2D eigenvalue weighted by Crippen LogP contribution is 2.28. The van der Waals surface area contributed by atoms with E-state index in [-0.39, 0.29) is 18.4 Å². The fraction of sp³-hybridized carbons (Fsp3) is 0.588. The third-order valence-electron chi connectivity index (χ3n) is 4.54. The molecule has 7 heteroatoms. The number of ether oxygens (including phenoxy) is 1. The molecule has 134 valence electrons. The molecule has 0 unspecified atom stereocenters. The Bertz CT molecular complexity index is 658. The molecular weight excluding hydrogens is 328 g/mol. The standard InChI is InChI=1S/C17H26N2O4S/c1-18(24(3,21)22)13-17(20)19-11-5-4-6-15(12-19)14-7-9-16(23-2)10-8-14/h7-10,15H,4-6,11-13H2,1-3H3/t15-/m0/s1. The molecule has 0 aliphatic carbocycles. The zero-order chi connectivity index (χ0) is 17.7. The van der Waals surface area contributed by atoms with Gasteiger partial charge in [-0.2, -0.15) is 4.31 Å². The van der Waals surface area contributed by atoms with E-state index in [2.05, 4.69) is 0 Å². The Labute approximate surface area is 144 Å². The summed E-state index contributed by atoms with van der Waals surface area (Å²) in [5.74, 6) is 0.948. The number of amides is 1. The van der Waals surface area contributed by atoms with E-state index < -0.39 is 10.0 Å². The first kappa shape index (κ1) is 18.7. The minimum absolute atomic E-state index is 0.103. The van der Waals surface area contributed by atoms with Gasteiger partial charge in [0.2, 0.25) is 15.9 Å². The minimum Gasteiger partial charge on any atom is -0.497 e. The maximum absolute atomic E-state index is 12.5. The fourth-order valence-corrected chi connectivity index (χ4v) is 3.27. The lowest BCUT2D eigenvalue weighted by Crippen LogP contribution is -2.42. The highest BCUT2D eigenvalue weighted by Gasteiger charge is 2.25. The summed E-state index contributed by atoms with van der Waals surface area (Å²) in [5.41, 5.74) is 1.19. The van der Waals surface area contributed by atoms with E-state index in [4.69, 9.17) is 4.74 Å². The van der Waals surface area contributed by atoms with Crippen molar-refractivity contribution in [2.75, 3.05) is 40.0 Å². The van der Waals surface area contributed by atoms with E-state index in [0.29, 0.717) is 13.1 Å². The fourth-order valence-electron chi connectivity index (χ4n) is 2.92. The first-order valence-corrected chi connectivity index (χ1v) is 9.99. The van der Waals surface area contributed by atoms with Gasteiger partial charge in [-0.25, -0.2) is 8.42 Å². The maximum atomic E-state index is 12.5. The molecule has 1 aromatic rings. The van der Waals surface area contributed by atoms with Crippen LogP contribution in [-0.2, 0) is 14.8 Å². The molecular formula is C17H26N2O4S. The summed E-state index contributed by atoms with van der Waals surface area (Å²) in [4.78, 5) is 14.3. The van der Waals surface area contributed by atoms with Crippen molar-refractivity contribution >= 4 is 15.9 Å². The summed E-state index contributed by atoms with van der Waals surface area (Å²) in [5, 5.41) is 0. The topological polar surface area (TPSA) is 66.9 Å². The molecule has 1 fully saturated rings. The number of hydrogen-bond acceptors (Lipinski definition) is 4. The SMILES string of the molecule is COc1ccc([C@H]2CCCCN(C(=O)CN(C)S(C)(=O)=O)C2)cc1. The molecule has 1 amide bonds. The van der Waals surface area contributed by atoms with Crippen molar-refractivity contribution in [1.82, 2.24) is 9.21 Å². The molecule has 1 aliphatic heterocycles. The van der Waals surface area contributed by atoms with Crippen LogP contribution in [0.5, 0.6) is 5.75 Å². The molecule has 1 saturated heterocycles. The highest BCUT2D eigenvalue weighted by molar-refractivity contribution is 7.88. The Morgan fingerprint density at radius 3 is 2.54 bits per heavy atom. The first-order valence-electron chi connectivity index (χ1n) is 8.14. The lowest BCUT2D eigenvalue weighted by molar-refractivity contribution is -0.131. The van der Waals surface area contributed by atoms with Crippen molar-refractivity contribution in [3.05, 3.63) is 29.8 Å². The van der Waals surface area contributed by atoms with Crippen molar-refractivity contribution in [2.24, 2.45) is 0 Å². The highest BCUT2D eigenvalue weighted by atomic mass is 32.2. The van der Waals surface area contributed by atoms with Gasteiger partial charge in [0, 0.05) is 26.1 Å². The van der Waals surface area contributed by atoms with Gasteiger partial charge in [0.15, 0.2) is 0 Å². The van der Waals surface area contributed by atoms with Crippen molar-refractivity contribution in [1.29, 1.82) is 0 Å². The molecule has 0 spiro atoms. The van der Waals surface area contributed by atoms with Crippen molar-refractivity contribution in [3.63, 3.8) is 0 Å². The van der Waals surface area contributed by atoms with Crippen LogP contribution < -0.4 is 4.74 Å². The largest absolute Gasteiger partial charge is 0.497 e. The average molecular weight is 354 g/mol. The predicted molar refractivity (Wildman–Crippen MR) is 93.6 cm³/mol. The monoisotopic (exact) mass is 354 g/mol. The summed E-state index contributed by atoms with van der Waals surface area (Å²) in [6.45, 7) is 1.21. The van der Waals surface area contributed by atoms with Crippen molar-refractivity contribution in [3.8, 4) is 5.75 Å². The summed E-state index contributed by atoms with van der Waals surface area (Å²) < 4.78 is 29.3. The van der Waals surface area contributed by atoms with Crippen molar-refractivity contribution in [2.45, 2.75) is 25.2 Å². The normalized spacial score (nSPS) is 19.2. The van der Waals surface area contributed by atoms with Crippen LogP contribution in [0.1, 0.15) is 30.7 Å². The van der Waals surface area contributed by atoms with Gasteiger partial charge in [-0.1, -0.05) is 18.6 Å². The molecule has 0 radical (unpaired) electrons. The number of hydrogen-bond donors (Lipinski definition) is 0. The van der Waals surface area contributed by atoms with Gasteiger partial charge >= 0.3 is 0 Å². The maximum Gasteiger partial charge on any atom is 0.237 e. The minimum atomic E-state index is -3.35. The molecule has 1 aliphatic rings. The molecule has 0 aromatic heterocycles. The smallest absolute Gasteiger partial charge is 0.237 e. The third kappa shape index (κ3) is 4.95. The van der Waals surface area contributed by atoms with Crippen LogP contribution >= 0.6 is 0 Å². The van der Waals surface area contributed by atoms with Gasteiger partial charge in [-0.3, -0.25) is 4.79 Å². The first-order chi connectivity index (χ1) is 11.3. The zero-order valence-corrected chi connectivity index (χ0v) is 15.4. The van der Waals surface area contributed by atoms with E-state index in [9.17, 15) is 13.2 Å². The quantitative estimate of drug-likeness (QED) is 0.807. The second kappa shape index (κ2) is 7.98. The van der Waals surface area contributed by atoms with Gasteiger partial charge in [-0.15, -0.1) is 0 Å². The number of carbonyl (C=O) groups is 1.